The molecule has 3 aromatic rings. The molecule has 5 rings (SSSR count). The van der Waals surface area contributed by atoms with Crippen molar-refractivity contribution in [3.63, 3.8) is 0 Å². The molecular weight excluding hydrogens is 463 g/mol. The Hall–Kier alpha value is -4.14. The smallest absolute Gasteiger partial charge is 0.267 e. The Morgan fingerprint density at radius 2 is 1.64 bits per heavy atom. The van der Waals surface area contributed by atoms with E-state index < -0.39 is 6.10 Å². The Kier molecular flexibility index (Phi) is 6.45. The lowest BCUT2D eigenvalue weighted by Gasteiger charge is -2.36. The van der Waals surface area contributed by atoms with Crippen molar-refractivity contribution in [1.82, 2.24) is 19.6 Å². The van der Waals surface area contributed by atoms with E-state index in [1.807, 2.05) is 32.0 Å². The number of nitrogens with zero attached hydrogens (tertiary/aromatic N) is 4. The molecule has 2 aliphatic heterocycles. The fraction of sp³-hybridized carbons (Fsp3) is 0.296. The fourth-order valence-corrected chi connectivity index (χ4v) is 4.48. The van der Waals surface area contributed by atoms with Crippen molar-refractivity contribution in [2.24, 2.45) is 0 Å². The Labute approximate surface area is 208 Å². The number of amides is 2. The van der Waals surface area contributed by atoms with Gasteiger partial charge < -0.3 is 19.3 Å². The molecule has 0 radical (unpaired) electrons. The molecule has 8 nitrogen and oxygen atoms in total. The molecule has 186 valence electrons. The van der Waals surface area contributed by atoms with Gasteiger partial charge in [-0.3, -0.25) is 9.59 Å². The maximum absolute atomic E-state index is 13.3. The average Bonchev–Trinajstić information content (AvgIpc) is 3.19. The largest absolute Gasteiger partial charge is 0.485 e. The van der Waals surface area contributed by atoms with Gasteiger partial charge in [0.1, 0.15) is 12.4 Å². The number of ether oxygens (including phenoxy) is 2. The predicted octanol–water partition coefficient (Wildman–Crippen LogP) is 3.15. The second kappa shape index (κ2) is 9.85. The van der Waals surface area contributed by atoms with E-state index in [4.69, 9.17) is 9.47 Å². The summed E-state index contributed by atoms with van der Waals surface area (Å²) in [5.74, 6) is 0.637. The van der Waals surface area contributed by atoms with Gasteiger partial charge in [0.05, 0.1) is 11.4 Å². The number of para-hydroxylation sites is 2. The molecular formula is C27H27FN4O4. The number of halogens is 1. The number of hydrogen-bond acceptors (Lipinski definition) is 5. The molecule has 0 N–H and O–H groups in total. The minimum atomic E-state index is -0.689. The van der Waals surface area contributed by atoms with Crippen molar-refractivity contribution >= 4 is 17.9 Å². The van der Waals surface area contributed by atoms with Crippen LogP contribution in [-0.4, -0.2) is 70.3 Å². The molecule has 0 aliphatic carbocycles. The number of benzene rings is 2. The van der Waals surface area contributed by atoms with E-state index in [1.165, 1.54) is 12.1 Å². The summed E-state index contributed by atoms with van der Waals surface area (Å²) in [4.78, 5) is 29.2. The summed E-state index contributed by atoms with van der Waals surface area (Å²) in [5, 5.41) is 4.54. The van der Waals surface area contributed by atoms with Crippen LogP contribution < -0.4 is 9.47 Å². The molecule has 1 unspecified atom stereocenters. The van der Waals surface area contributed by atoms with E-state index in [1.54, 1.807) is 44.8 Å². The number of hydrogen-bond donors (Lipinski definition) is 0. The molecule has 36 heavy (non-hydrogen) atoms. The molecule has 0 saturated carbocycles. The maximum Gasteiger partial charge on any atom is 0.267 e. The zero-order chi connectivity index (χ0) is 25.2. The third kappa shape index (κ3) is 4.68. The maximum atomic E-state index is 13.3. The standard InChI is InChI=1S/C27H27FN4O4/c1-18-22(19(2)32(29-18)21-9-7-20(28)8-10-21)11-12-26(33)30-13-15-31(16-14-30)27(34)25-17-35-23-5-3-4-6-24(23)36-25/h3-12,25H,13-17H2,1-2H3/b12-11+. The summed E-state index contributed by atoms with van der Waals surface area (Å²) >= 11 is 0. The number of aromatic nitrogens is 2. The fourth-order valence-electron chi connectivity index (χ4n) is 4.48. The minimum Gasteiger partial charge on any atom is -0.485 e. The zero-order valence-electron chi connectivity index (χ0n) is 20.2. The molecule has 0 spiro atoms. The first-order valence-corrected chi connectivity index (χ1v) is 11.9. The van der Waals surface area contributed by atoms with Crippen LogP contribution in [0, 0.1) is 19.7 Å². The van der Waals surface area contributed by atoms with Crippen LogP contribution in [0.2, 0.25) is 0 Å². The van der Waals surface area contributed by atoms with Crippen molar-refractivity contribution < 1.29 is 23.5 Å². The lowest BCUT2D eigenvalue weighted by Crippen LogP contribution is -2.54. The molecule has 2 aromatic carbocycles. The van der Waals surface area contributed by atoms with Gasteiger partial charge in [0.25, 0.3) is 5.91 Å². The van der Waals surface area contributed by atoms with E-state index in [2.05, 4.69) is 5.10 Å². The van der Waals surface area contributed by atoms with Crippen LogP contribution in [0.15, 0.2) is 54.6 Å². The van der Waals surface area contributed by atoms with Crippen LogP contribution in [0.25, 0.3) is 11.8 Å². The molecule has 1 atom stereocenters. The third-order valence-electron chi connectivity index (χ3n) is 6.50. The van der Waals surface area contributed by atoms with Crippen LogP contribution in [-0.2, 0) is 9.59 Å². The van der Waals surface area contributed by atoms with Crippen molar-refractivity contribution in [2.45, 2.75) is 20.0 Å². The topological polar surface area (TPSA) is 76.9 Å². The highest BCUT2D eigenvalue weighted by Crippen LogP contribution is 2.31. The summed E-state index contributed by atoms with van der Waals surface area (Å²) in [6, 6.07) is 13.4. The van der Waals surface area contributed by atoms with E-state index in [9.17, 15) is 14.0 Å². The van der Waals surface area contributed by atoms with Crippen molar-refractivity contribution in [3.05, 3.63) is 77.4 Å². The van der Waals surface area contributed by atoms with Gasteiger partial charge in [0, 0.05) is 43.5 Å². The van der Waals surface area contributed by atoms with Gasteiger partial charge >= 0.3 is 0 Å². The first kappa shape index (κ1) is 23.6. The molecule has 2 aliphatic rings. The highest BCUT2D eigenvalue weighted by atomic mass is 19.1. The normalized spacial score (nSPS) is 17.5. The first-order valence-electron chi connectivity index (χ1n) is 11.9. The molecule has 1 aromatic heterocycles. The molecule has 1 fully saturated rings. The minimum absolute atomic E-state index is 0.124. The van der Waals surface area contributed by atoms with Crippen LogP contribution in [0.1, 0.15) is 17.0 Å². The second-order valence-electron chi connectivity index (χ2n) is 8.82. The van der Waals surface area contributed by atoms with Gasteiger partial charge in [-0.15, -0.1) is 0 Å². The molecule has 1 saturated heterocycles. The van der Waals surface area contributed by atoms with Gasteiger partial charge in [-0.1, -0.05) is 12.1 Å². The molecule has 2 amide bonds. The second-order valence-corrected chi connectivity index (χ2v) is 8.82. The summed E-state index contributed by atoms with van der Waals surface area (Å²) in [5.41, 5.74) is 3.22. The van der Waals surface area contributed by atoms with E-state index in [0.29, 0.717) is 37.7 Å². The Morgan fingerprint density at radius 3 is 2.36 bits per heavy atom. The summed E-state index contributed by atoms with van der Waals surface area (Å²) in [6.45, 7) is 5.69. The van der Waals surface area contributed by atoms with Gasteiger partial charge in [-0.2, -0.15) is 5.10 Å². The highest BCUT2D eigenvalue weighted by Gasteiger charge is 2.33. The zero-order valence-corrected chi connectivity index (χ0v) is 20.2. The predicted molar refractivity (Wildman–Crippen MR) is 132 cm³/mol. The van der Waals surface area contributed by atoms with Crippen LogP contribution in [0.3, 0.4) is 0 Å². The van der Waals surface area contributed by atoms with Gasteiger partial charge in [-0.25, -0.2) is 9.07 Å². The first-order chi connectivity index (χ1) is 17.4. The lowest BCUT2D eigenvalue weighted by molar-refractivity contribution is -0.145. The van der Waals surface area contributed by atoms with Crippen molar-refractivity contribution in [3.8, 4) is 17.2 Å². The SMILES string of the molecule is Cc1nn(-c2ccc(F)cc2)c(C)c1/C=C/C(=O)N1CCN(C(=O)C2COc3ccccc3O2)CC1. The van der Waals surface area contributed by atoms with Crippen molar-refractivity contribution in [2.75, 3.05) is 32.8 Å². The number of rotatable bonds is 4. The molecule has 0 bridgehead atoms. The summed E-state index contributed by atoms with van der Waals surface area (Å²) < 4.78 is 26.5. The van der Waals surface area contributed by atoms with Gasteiger partial charge in [0.15, 0.2) is 11.5 Å². The van der Waals surface area contributed by atoms with E-state index in [0.717, 1.165) is 22.6 Å². The Balaban J connectivity index is 1.18. The monoisotopic (exact) mass is 490 g/mol. The van der Waals surface area contributed by atoms with E-state index >= 15 is 0 Å². The number of carbonyl (C=O) groups is 2. The molecule has 9 heteroatoms. The summed E-state index contributed by atoms with van der Waals surface area (Å²) in [7, 11) is 0. The van der Waals surface area contributed by atoms with Gasteiger partial charge in [-0.05, 0) is 56.3 Å². The Morgan fingerprint density at radius 1 is 0.972 bits per heavy atom. The van der Waals surface area contributed by atoms with Crippen molar-refractivity contribution in [1.29, 1.82) is 0 Å². The molecule has 3 heterocycles. The number of piperazine rings is 1. The number of aryl methyl sites for hydroxylation is 1. The van der Waals surface area contributed by atoms with E-state index in [-0.39, 0.29) is 24.2 Å². The Bertz CT molecular complexity index is 1310. The van der Waals surface area contributed by atoms with Gasteiger partial charge in [0.2, 0.25) is 12.0 Å². The third-order valence-corrected chi connectivity index (χ3v) is 6.50. The van der Waals surface area contributed by atoms with Crippen LogP contribution >= 0.6 is 0 Å². The van der Waals surface area contributed by atoms with Crippen LogP contribution in [0.5, 0.6) is 11.5 Å². The summed E-state index contributed by atoms with van der Waals surface area (Å²) in [6.07, 6.45) is 2.62. The number of carbonyl (C=O) groups excluding carboxylic acids is 2. The quantitative estimate of drug-likeness (QED) is 0.525. The number of fused-ring (bicyclic) bond motifs is 1. The lowest BCUT2D eigenvalue weighted by atomic mass is 10.1. The average molecular weight is 491 g/mol. The van der Waals surface area contributed by atoms with Crippen LogP contribution in [0.4, 0.5) is 4.39 Å². The highest BCUT2D eigenvalue weighted by molar-refractivity contribution is 5.92.